The molecule has 0 radical (unpaired) electrons. The number of nitrogens with two attached hydrogens (primary N) is 1. The van der Waals surface area contributed by atoms with Crippen LogP contribution in [-0.4, -0.2) is 30.4 Å². The Kier molecular flexibility index (Phi) is 6.52. The van der Waals surface area contributed by atoms with Gasteiger partial charge in [0.15, 0.2) is 0 Å². The van der Waals surface area contributed by atoms with Crippen LogP contribution in [0.25, 0.3) is 0 Å². The lowest BCUT2D eigenvalue weighted by molar-refractivity contribution is -0.121. The Hall–Kier alpha value is -0.610. The van der Waals surface area contributed by atoms with Gasteiger partial charge in [-0.2, -0.15) is 0 Å². The molecule has 0 saturated heterocycles. The molecule has 1 aliphatic carbocycles. The molecule has 100 valence electrons. The fourth-order valence-corrected chi connectivity index (χ4v) is 2.58. The van der Waals surface area contributed by atoms with Crippen molar-refractivity contribution in [1.29, 1.82) is 0 Å². The van der Waals surface area contributed by atoms with E-state index in [1.165, 1.54) is 25.7 Å². The first-order chi connectivity index (χ1) is 8.13. The molecule has 0 aromatic rings. The number of carbonyl (C=O) groups excluding carboxylic acids is 1. The molecule has 1 saturated carbocycles. The Morgan fingerprint density at radius 1 is 1.29 bits per heavy atom. The molecule has 0 atom stereocenters. The smallest absolute Gasteiger partial charge is 0.233 e. The first kappa shape index (κ1) is 14.5. The number of hydrazine groups is 1. The standard InChI is InChI=1S/C13H27N3O/c1-11-6-8-12(9-7-11)16(2)10-4-3-5-13(17)15-14/h11-12H,3-10,14H2,1-2H3,(H,15,17). The van der Waals surface area contributed by atoms with Crippen LogP contribution >= 0.6 is 0 Å². The van der Waals surface area contributed by atoms with Crippen LogP contribution in [0.1, 0.15) is 51.9 Å². The summed E-state index contributed by atoms with van der Waals surface area (Å²) in [6.45, 7) is 3.44. The summed E-state index contributed by atoms with van der Waals surface area (Å²) in [5, 5.41) is 0. The zero-order valence-electron chi connectivity index (χ0n) is 11.2. The van der Waals surface area contributed by atoms with E-state index in [-0.39, 0.29) is 5.91 Å². The monoisotopic (exact) mass is 241 g/mol. The van der Waals surface area contributed by atoms with Crippen molar-refractivity contribution < 1.29 is 4.79 Å². The summed E-state index contributed by atoms with van der Waals surface area (Å²) in [6.07, 6.45) is 7.95. The molecule has 1 rings (SSSR count). The van der Waals surface area contributed by atoms with Crippen molar-refractivity contribution >= 4 is 5.91 Å². The topological polar surface area (TPSA) is 58.4 Å². The number of nitrogens with zero attached hydrogens (tertiary/aromatic N) is 1. The van der Waals surface area contributed by atoms with E-state index < -0.39 is 0 Å². The number of unbranched alkanes of at least 4 members (excludes halogenated alkanes) is 1. The molecule has 0 unspecified atom stereocenters. The summed E-state index contributed by atoms with van der Waals surface area (Å²) >= 11 is 0. The van der Waals surface area contributed by atoms with Crippen molar-refractivity contribution in [2.45, 2.75) is 57.9 Å². The lowest BCUT2D eigenvalue weighted by atomic mass is 9.87. The van der Waals surface area contributed by atoms with Crippen LogP contribution in [0.3, 0.4) is 0 Å². The molecule has 1 fully saturated rings. The third kappa shape index (κ3) is 5.50. The predicted octanol–water partition coefficient (Wildman–Crippen LogP) is 1.66. The van der Waals surface area contributed by atoms with Crippen LogP contribution in [0.4, 0.5) is 0 Å². The van der Waals surface area contributed by atoms with Crippen LogP contribution in [-0.2, 0) is 4.79 Å². The fraction of sp³-hybridized carbons (Fsp3) is 0.923. The van der Waals surface area contributed by atoms with E-state index in [2.05, 4.69) is 24.3 Å². The number of hydrogen-bond acceptors (Lipinski definition) is 3. The van der Waals surface area contributed by atoms with Crippen molar-refractivity contribution in [3.05, 3.63) is 0 Å². The third-order valence-corrected chi connectivity index (χ3v) is 3.93. The van der Waals surface area contributed by atoms with Gasteiger partial charge in [0.05, 0.1) is 0 Å². The normalized spacial score (nSPS) is 24.9. The highest BCUT2D eigenvalue weighted by atomic mass is 16.2. The largest absolute Gasteiger partial charge is 0.303 e. The predicted molar refractivity (Wildman–Crippen MR) is 70.2 cm³/mol. The summed E-state index contributed by atoms with van der Waals surface area (Å²) in [5.41, 5.74) is 2.17. The zero-order chi connectivity index (χ0) is 12.7. The molecule has 0 aliphatic heterocycles. The maximum absolute atomic E-state index is 10.9. The summed E-state index contributed by atoms with van der Waals surface area (Å²) in [7, 11) is 2.21. The van der Waals surface area contributed by atoms with E-state index in [0.717, 1.165) is 31.3 Å². The van der Waals surface area contributed by atoms with Crippen molar-refractivity contribution in [2.24, 2.45) is 11.8 Å². The molecule has 4 nitrogen and oxygen atoms in total. The third-order valence-electron chi connectivity index (χ3n) is 3.93. The van der Waals surface area contributed by atoms with E-state index in [9.17, 15) is 4.79 Å². The van der Waals surface area contributed by atoms with E-state index in [1.807, 2.05) is 0 Å². The number of hydrogen-bond donors (Lipinski definition) is 2. The second-order valence-electron chi connectivity index (χ2n) is 5.42. The molecule has 4 heteroatoms. The van der Waals surface area contributed by atoms with E-state index in [0.29, 0.717) is 6.42 Å². The van der Waals surface area contributed by atoms with Gasteiger partial charge in [0.25, 0.3) is 0 Å². The molecule has 0 bridgehead atoms. The van der Waals surface area contributed by atoms with Gasteiger partial charge in [0.1, 0.15) is 0 Å². The van der Waals surface area contributed by atoms with Gasteiger partial charge >= 0.3 is 0 Å². The van der Waals surface area contributed by atoms with Crippen molar-refractivity contribution in [1.82, 2.24) is 10.3 Å². The molecule has 0 heterocycles. The Morgan fingerprint density at radius 3 is 2.53 bits per heavy atom. The van der Waals surface area contributed by atoms with Crippen LogP contribution < -0.4 is 11.3 Å². The van der Waals surface area contributed by atoms with Crippen LogP contribution in [0, 0.1) is 5.92 Å². The minimum Gasteiger partial charge on any atom is -0.303 e. The summed E-state index contributed by atoms with van der Waals surface area (Å²) in [6, 6.07) is 0.759. The second-order valence-corrected chi connectivity index (χ2v) is 5.42. The lowest BCUT2D eigenvalue weighted by Gasteiger charge is -2.33. The van der Waals surface area contributed by atoms with Gasteiger partial charge in [-0.05, 0) is 58.0 Å². The Balaban J connectivity index is 2.08. The Morgan fingerprint density at radius 2 is 1.94 bits per heavy atom. The van der Waals surface area contributed by atoms with E-state index >= 15 is 0 Å². The van der Waals surface area contributed by atoms with Gasteiger partial charge in [-0.3, -0.25) is 10.2 Å². The highest BCUT2D eigenvalue weighted by Crippen LogP contribution is 2.26. The minimum absolute atomic E-state index is 0.0563. The molecule has 0 spiro atoms. The van der Waals surface area contributed by atoms with E-state index in [1.54, 1.807) is 0 Å². The molecular formula is C13H27N3O. The fourth-order valence-electron chi connectivity index (χ4n) is 2.58. The van der Waals surface area contributed by atoms with Gasteiger partial charge in [-0.15, -0.1) is 0 Å². The molecule has 1 amide bonds. The number of rotatable bonds is 6. The minimum atomic E-state index is -0.0563. The summed E-state index contributed by atoms with van der Waals surface area (Å²) in [5.74, 6) is 5.89. The van der Waals surface area contributed by atoms with Gasteiger partial charge in [-0.25, -0.2) is 5.84 Å². The first-order valence-corrected chi connectivity index (χ1v) is 6.83. The highest BCUT2D eigenvalue weighted by molar-refractivity contribution is 5.75. The van der Waals surface area contributed by atoms with Gasteiger partial charge in [0, 0.05) is 12.5 Å². The van der Waals surface area contributed by atoms with Gasteiger partial charge in [-0.1, -0.05) is 6.92 Å². The van der Waals surface area contributed by atoms with Gasteiger partial charge in [0.2, 0.25) is 5.91 Å². The number of carbonyl (C=O) groups is 1. The quantitative estimate of drug-likeness (QED) is 0.322. The molecule has 3 N–H and O–H groups in total. The van der Waals surface area contributed by atoms with Crippen molar-refractivity contribution in [2.75, 3.05) is 13.6 Å². The molecule has 0 aromatic heterocycles. The summed E-state index contributed by atoms with van der Waals surface area (Å²) < 4.78 is 0. The van der Waals surface area contributed by atoms with Crippen molar-refractivity contribution in [3.63, 3.8) is 0 Å². The average Bonchev–Trinajstić information content (AvgIpc) is 2.34. The van der Waals surface area contributed by atoms with E-state index in [4.69, 9.17) is 5.84 Å². The molecule has 0 aromatic carbocycles. The van der Waals surface area contributed by atoms with Crippen LogP contribution in [0.2, 0.25) is 0 Å². The van der Waals surface area contributed by atoms with Crippen LogP contribution in [0.5, 0.6) is 0 Å². The first-order valence-electron chi connectivity index (χ1n) is 6.83. The maximum Gasteiger partial charge on any atom is 0.233 e. The zero-order valence-corrected chi connectivity index (χ0v) is 11.2. The number of nitrogens with one attached hydrogen (secondary N) is 1. The molecule has 17 heavy (non-hydrogen) atoms. The number of amides is 1. The maximum atomic E-state index is 10.9. The highest BCUT2D eigenvalue weighted by Gasteiger charge is 2.21. The molecule has 1 aliphatic rings. The Bertz CT molecular complexity index is 225. The SMILES string of the molecule is CC1CCC(N(C)CCCCC(=O)NN)CC1. The average molecular weight is 241 g/mol. The Labute approximate surface area is 105 Å². The van der Waals surface area contributed by atoms with Crippen molar-refractivity contribution in [3.8, 4) is 0 Å². The molecular weight excluding hydrogens is 214 g/mol. The van der Waals surface area contributed by atoms with Crippen LogP contribution in [0.15, 0.2) is 0 Å². The lowest BCUT2D eigenvalue weighted by Crippen LogP contribution is -2.35. The second kappa shape index (κ2) is 7.67. The summed E-state index contributed by atoms with van der Waals surface area (Å²) in [4.78, 5) is 13.4. The van der Waals surface area contributed by atoms with Gasteiger partial charge < -0.3 is 4.90 Å².